The molecule has 1 saturated heterocycles. The fourth-order valence-electron chi connectivity index (χ4n) is 3.08. The van der Waals surface area contributed by atoms with E-state index in [9.17, 15) is 19.5 Å². The predicted molar refractivity (Wildman–Crippen MR) is 95.0 cm³/mol. The normalized spacial score (nSPS) is 31.3. The first kappa shape index (κ1) is 19.8. The van der Waals surface area contributed by atoms with Crippen molar-refractivity contribution < 1.29 is 29.0 Å². The first-order valence-electron chi connectivity index (χ1n) is 8.52. The molecule has 0 spiro atoms. The number of allylic oxidation sites excluding steroid dienone is 3. The minimum atomic E-state index is -0.717. The Morgan fingerprint density at radius 3 is 2.73 bits per heavy atom. The number of esters is 2. The fraction of sp³-hybridized carbons (Fsp3) is 0.450. The Hall–Kier alpha value is -2.47. The molecular weight excluding hydrogens is 336 g/mol. The molecule has 6 heteroatoms. The molecule has 6 nitrogen and oxygen atoms in total. The summed E-state index contributed by atoms with van der Waals surface area (Å²) in [4.78, 5) is 36.5. The average molecular weight is 360 g/mol. The van der Waals surface area contributed by atoms with Gasteiger partial charge in [0.2, 0.25) is 0 Å². The molecule has 0 radical (unpaired) electrons. The van der Waals surface area contributed by atoms with E-state index in [1.165, 1.54) is 6.08 Å². The van der Waals surface area contributed by atoms with E-state index in [-0.39, 0.29) is 23.4 Å². The molecule has 1 fully saturated rings. The highest BCUT2D eigenvalue weighted by Crippen LogP contribution is 2.36. The summed E-state index contributed by atoms with van der Waals surface area (Å²) < 4.78 is 11.0. The minimum absolute atomic E-state index is 0.0522. The Kier molecular flexibility index (Phi) is 6.32. The van der Waals surface area contributed by atoms with Gasteiger partial charge in [-0.2, -0.15) is 0 Å². The first-order valence-corrected chi connectivity index (χ1v) is 8.52. The molecule has 140 valence electrons. The van der Waals surface area contributed by atoms with Crippen LogP contribution in [-0.4, -0.2) is 41.6 Å². The van der Waals surface area contributed by atoms with Gasteiger partial charge in [-0.1, -0.05) is 24.3 Å². The van der Waals surface area contributed by atoms with Crippen molar-refractivity contribution in [3.05, 3.63) is 47.1 Å². The van der Waals surface area contributed by atoms with Crippen LogP contribution in [0.5, 0.6) is 0 Å². The zero-order chi connectivity index (χ0) is 19.4. The van der Waals surface area contributed by atoms with E-state index in [0.29, 0.717) is 12.0 Å². The highest BCUT2D eigenvalue weighted by Gasteiger charge is 2.44. The van der Waals surface area contributed by atoms with Gasteiger partial charge in [0.25, 0.3) is 0 Å². The number of rotatable bonds is 3. The topological polar surface area (TPSA) is 89.9 Å². The highest BCUT2D eigenvalue weighted by atomic mass is 16.6. The van der Waals surface area contributed by atoms with Crippen LogP contribution in [0.2, 0.25) is 0 Å². The molecule has 0 aromatic rings. The van der Waals surface area contributed by atoms with Crippen molar-refractivity contribution in [1.82, 2.24) is 0 Å². The number of aliphatic hydroxyl groups excluding tert-OH is 1. The van der Waals surface area contributed by atoms with Crippen molar-refractivity contribution >= 4 is 17.7 Å². The van der Waals surface area contributed by atoms with Crippen LogP contribution in [0, 0.1) is 5.92 Å². The van der Waals surface area contributed by atoms with Gasteiger partial charge in [-0.25, -0.2) is 9.59 Å². The van der Waals surface area contributed by atoms with Crippen LogP contribution in [0.15, 0.2) is 47.1 Å². The number of hydrogen-bond donors (Lipinski definition) is 1. The molecule has 0 saturated carbocycles. The van der Waals surface area contributed by atoms with Crippen LogP contribution in [-0.2, 0) is 23.9 Å². The quantitative estimate of drug-likeness (QED) is 0.471. The summed E-state index contributed by atoms with van der Waals surface area (Å²) in [5.74, 6) is -1.85. The van der Waals surface area contributed by atoms with E-state index >= 15 is 0 Å². The molecule has 0 unspecified atom stereocenters. The van der Waals surface area contributed by atoms with E-state index in [1.54, 1.807) is 26.0 Å². The molecule has 0 aromatic carbocycles. The van der Waals surface area contributed by atoms with E-state index in [1.807, 2.05) is 6.92 Å². The van der Waals surface area contributed by atoms with Gasteiger partial charge in [0.15, 0.2) is 5.78 Å². The lowest BCUT2D eigenvalue weighted by Gasteiger charge is -2.27. The van der Waals surface area contributed by atoms with Crippen molar-refractivity contribution in [3.63, 3.8) is 0 Å². The maximum atomic E-state index is 12.3. The lowest BCUT2D eigenvalue weighted by Crippen LogP contribution is -2.34. The summed E-state index contributed by atoms with van der Waals surface area (Å²) in [5, 5.41) is 9.28. The maximum absolute atomic E-state index is 12.3. The highest BCUT2D eigenvalue weighted by molar-refractivity contribution is 5.96. The third kappa shape index (κ3) is 4.19. The first-order chi connectivity index (χ1) is 12.3. The summed E-state index contributed by atoms with van der Waals surface area (Å²) >= 11 is 0. The summed E-state index contributed by atoms with van der Waals surface area (Å²) in [6.07, 6.45) is 4.04. The van der Waals surface area contributed by atoms with Crippen LogP contribution in [0.3, 0.4) is 0 Å². The van der Waals surface area contributed by atoms with E-state index < -0.39 is 36.7 Å². The molecule has 0 amide bonds. The molecule has 1 aliphatic carbocycles. The number of carbonyl (C=O) groups is 3. The number of fused-ring (bicyclic) bond motifs is 1. The summed E-state index contributed by atoms with van der Waals surface area (Å²) in [7, 11) is 0. The maximum Gasteiger partial charge on any atom is 0.336 e. The van der Waals surface area contributed by atoms with Crippen LogP contribution in [0.25, 0.3) is 0 Å². The van der Waals surface area contributed by atoms with Crippen molar-refractivity contribution in [1.29, 1.82) is 0 Å². The molecular formula is C20H24O6. The van der Waals surface area contributed by atoms with Gasteiger partial charge in [-0.05, 0) is 32.4 Å². The third-order valence-corrected chi connectivity index (χ3v) is 4.71. The molecule has 1 heterocycles. The van der Waals surface area contributed by atoms with Crippen LogP contribution in [0.4, 0.5) is 0 Å². The molecule has 3 atom stereocenters. The fourth-order valence-corrected chi connectivity index (χ4v) is 3.08. The number of ether oxygens (including phenoxy) is 2. The molecule has 1 N–H and O–H groups in total. The van der Waals surface area contributed by atoms with Crippen LogP contribution >= 0.6 is 0 Å². The number of Topliss-reactive ketones (excluding diaryl/α,β-unsaturated/α-hetero) is 1. The molecule has 26 heavy (non-hydrogen) atoms. The van der Waals surface area contributed by atoms with Gasteiger partial charge >= 0.3 is 11.9 Å². The zero-order valence-corrected chi connectivity index (χ0v) is 15.3. The van der Waals surface area contributed by atoms with E-state index in [0.717, 1.165) is 5.57 Å². The molecule has 0 bridgehead atoms. The van der Waals surface area contributed by atoms with Gasteiger partial charge in [0.05, 0.1) is 18.1 Å². The number of carbonyl (C=O) groups excluding carboxylic acids is 3. The van der Waals surface area contributed by atoms with Gasteiger partial charge in [0, 0.05) is 18.4 Å². The molecule has 2 rings (SSSR count). The van der Waals surface area contributed by atoms with E-state index in [2.05, 4.69) is 6.58 Å². The molecule has 0 aromatic heterocycles. The second-order valence-electron chi connectivity index (χ2n) is 6.57. The molecule has 2 aliphatic rings. The SMILES string of the molecule is C=C1C(=O)O[C@@H]2/C=C(/C)C(=O)C/C=C(\C)C[C@@H](OC(=O)/C(=C/C)CO)[C@@H]12. The van der Waals surface area contributed by atoms with Gasteiger partial charge in [-0.3, -0.25) is 4.79 Å². The summed E-state index contributed by atoms with van der Waals surface area (Å²) in [6, 6.07) is 0. The summed E-state index contributed by atoms with van der Waals surface area (Å²) in [5.41, 5.74) is 1.70. The van der Waals surface area contributed by atoms with Crippen molar-refractivity contribution in [2.75, 3.05) is 6.61 Å². The zero-order valence-electron chi connectivity index (χ0n) is 15.3. The average Bonchev–Trinajstić information content (AvgIpc) is 2.86. The third-order valence-electron chi connectivity index (χ3n) is 4.71. The van der Waals surface area contributed by atoms with Gasteiger partial charge in [-0.15, -0.1) is 0 Å². The Balaban J connectivity index is 2.42. The lowest BCUT2D eigenvalue weighted by molar-refractivity contribution is -0.147. The minimum Gasteiger partial charge on any atom is -0.458 e. The standard InChI is InChI=1S/C20H24O6/c1-5-14(10-21)20(24)26-16-8-11(2)6-7-15(22)12(3)9-17-18(16)13(4)19(23)25-17/h5-6,9,16-18,21H,4,7-8,10H2,1-3H3/b11-6+,12-9-,14-5+/t16-,17-,18-/m1/s1. The number of ketones is 1. The number of hydrogen-bond acceptors (Lipinski definition) is 6. The Bertz CT molecular complexity index is 725. The second-order valence-corrected chi connectivity index (χ2v) is 6.57. The predicted octanol–water partition coefficient (Wildman–Crippen LogP) is 2.19. The van der Waals surface area contributed by atoms with Crippen molar-refractivity contribution in [2.24, 2.45) is 5.92 Å². The second kappa shape index (κ2) is 8.27. The van der Waals surface area contributed by atoms with Crippen LogP contribution in [0.1, 0.15) is 33.6 Å². The van der Waals surface area contributed by atoms with Crippen molar-refractivity contribution in [2.45, 2.75) is 45.8 Å². The van der Waals surface area contributed by atoms with Gasteiger partial charge in [0.1, 0.15) is 12.2 Å². The van der Waals surface area contributed by atoms with Crippen LogP contribution < -0.4 is 0 Å². The monoisotopic (exact) mass is 360 g/mol. The van der Waals surface area contributed by atoms with Crippen molar-refractivity contribution in [3.8, 4) is 0 Å². The van der Waals surface area contributed by atoms with E-state index in [4.69, 9.17) is 9.47 Å². The number of aliphatic hydroxyl groups is 1. The summed E-state index contributed by atoms with van der Waals surface area (Å²) in [6.45, 7) is 8.50. The Morgan fingerprint density at radius 2 is 2.12 bits per heavy atom. The Labute approximate surface area is 152 Å². The van der Waals surface area contributed by atoms with Gasteiger partial charge < -0.3 is 14.6 Å². The smallest absolute Gasteiger partial charge is 0.336 e. The Morgan fingerprint density at radius 1 is 1.42 bits per heavy atom. The largest absolute Gasteiger partial charge is 0.458 e. The lowest BCUT2D eigenvalue weighted by atomic mass is 9.85. The molecule has 1 aliphatic heterocycles.